The van der Waals surface area contributed by atoms with Gasteiger partial charge in [-0.15, -0.1) is 0 Å². The van der Waals surface area contributed by atoms with Gasteiger partial charge in [0.2, 0.25) is 11.9 Å². The van der Waals surface area contributed by atoms with E-state index < -0.39 is 143 Å². The van der Waals surface area contributed by atoms with Crippen LogP contribution in [-0.2, 0) is 0 Å². The number of aromatic nitrogens is 5. The zero-order valence-electron chi connectivity index (χ0n) is 67.5. The van der Waals surface area contributed by atoms with Gasteiger partial charge in [0.05, 0.1) is 50.9 Å². The molecule has 0 bridgehead atoms. The van der Waals surface area contributed by atoms with Gasteiger partial charge in [-0.2, -0.15) is 15.0 Å². The third-order valence-corrected chi connectivity index (χ3v) is 25.5. The Bertz CT molecular complexity index is 6010. The molecule has 3 heterocycles. The summed E-state index contributed by atoms with van der Waals surface area (Å²) < 4.78 is 204. The summed E-state index contributed by atoms with van der Waals surface area (Å²) in [7, 11) is -9.40. The third-order valence-electron chi connectivity index (χ3n) is 16.3. The average molecular weight is 1180 g/mol. The van der Waals surface area contributed by atoms with Crippen molar-refractivity contribution in [1.29, 1.82) is 0 Å². The summed E-state index contributed by atoms with van der Waals surface area (Å²) in [6.45, 7) is 0. The van der Waals surface area contributed by atoms with Crippen LogP contribution in [0.15, 0.2) is 345 Å². The molecule has 3 aromatic heterocycles. The predicted octanol–water partition coefficient (Wildman–Crippen LogP) is 13.8. The molecule has 0 amide bonds. The van der Waals surface area contributed by atoms with E-state index in [0.29, 0.717) is 41.9 Å². The molecule has 0 saturated carbocycles. The first-order chi connectivity index (χ1) is 52.4. The van der Waals surface area contributed by atoms with E-state index in [1.54, 1.807) is 84.9 Å². The van der Waals surface area contributed by atoms with Gasteiger partial charge in [-0.25, -0.2) is 0 Å². The summed E-state index contributed by atoms with van der Waals surface area (Å²) in [6, 6.07) is 53.1. The first-order valence-electron chi connectivity index (χ1n) is 38.9. The summed E-state index contributed by atoms with van der Waals surface area (Å²) in [5.41, 5.74) is 0.145. The van der Waals surface area contributed by atoms with Crippen molar-refractivity contribution in [2.75, 3.05) is 0 Å². The van der Waals surface area contributed by atoms with Gasteiger partial charge in [-0.1, -0.05) is 321 Å². The second-order valence-corrected chi connectivity index (χ2v) is 28.5. The van der Waals surface area contributed by atoms with Crippen LogP contribution < -0.4 is 41.5 Å². The van der Waals surface area contributed by atoms with Gasteiger partial charge in [-0.3, -0.25) is 9.13 Å². The van der Waals surface area contributed by atoms with E-state index in [4.69, 9.17) is 25.9 Å². The highest BCUT2D eigenvalue weighted by atomic mass is 28.3. The second kappa shape index (κ2) is 22.1. The molecule has 0 spiro atoms. The van der Waals surface area contributed by atoms with Crippen molar-refractivity contribution in [3.63, 3.8) is 0 Å². The molecular formula is C81H57N5Si2. The molecule has 0 aliphatic heterocycles. The Morgan fingerprint density at radius 1 is 0.250 bits per heavy atom. The Balaban J connectivity index is 1.17. The normalized spacial score (nSPS) is 15.2. The van der Waals surface area contributed by atoms with Crippen molar-refractivity contribution in [3.8, 4) is 45.5 Å². The fraction of sp³-hybridized carbons (Fsp3) is 0. The van der Waals surface area contributed by atoms with E-state index in [0.717, 1.165) is 0 Å². The molecule has 0 N–H and O–H groups in total. The largest absolute Gasteiger partial charge is 0.278 e. The van der Waals surface area contributed by atoms with Crippen molar-refractivity contribution in [2.24, 2.45) is 0 Å². The van der Waals surface area contributed by atoms with Crippen LogP contribution in [0.2, 0.25) is 0 Å². The lowest BCUT2D eigenvalue weighted by atomic mass is 10.1. The van der Waals surface area contributed by atoms with Crippen molar-refractivity contribution < 1.29 is 28.8 Å². The molecule has 0 atom stereocenters. The minimum Gasteiger partial charge on any atom is -0.278 e. The first-order valence-corrected chi connectivity index (χ1v) is 32.4. The van der Waals surface area contributed by atoms with Crippen molar-refractivity contribution in [3.05, 3.63) is 345 Å². The summed E-state index contributed by atoms with van der Waals surface area (Å²) >= 11 is 0. The zero-order valence-corrected chi connectivity index (χ0v) is 48.5. The van der Waals surface area contributed by atoms with Crippen LogP contribution in [0.3, 0.4) is 0 Å². The van der Waals surface area contributed by atoms with Crippen LogP contribution in [0.1, 0.15) is 28.8 Å². The molecular weight excluding hydrogens is 1100 g/mol. The maximum absolute atomic E-state index is 11.9. The highest BCUT2D eigenvalue weighted by Gasteiger charge is 2.46. The first kappa shape index (κ1) is 34.8. The fourth-order valence-electron chi connectivity index (χ4n) is 12.6. The van der Waals surface area contributed by atoms with Gasteiger partial charge < -0.3 is 0 Å². The lowest BCUT2D eigenvalue weighted by Crippen LogP contribution is -2.78. The molecule has 0 aliphatic rings. The summed E-state index contributed by atoms with van der Waals surface area (Å²) in [5, 5.41) is 3.97. The van der Waals surface area contributed by atoms with Gasteiger partial charge in [0.25, 0.3) is 0 Å². The van der Waals surface area contributed by atoms with Crippen LogP contribution >= 0.6 is 0 Å². The monoisotopic (exact) mass is 1180 g/mol. The predicted molar refractivity (Wildman–Crippen MR) is 372 cm³/mol. The summed E-state index contributed by atoms with van der Waals surface area (Å²) in [4.78, 5) is 16.1. The molecule has 0 fully saturated rings. The number of hydrogen-bond acceptors (Lipinski definition) is 3. The zero-order chi connectivity index (χ0) is 76.7. The standard InChI is InChI=1S/C81H57N5Si2/c1-7-29-58(30-8-1)60-33-27-43-67(53-60)87(63-35-11-3-12-36-63,64-37-13-4-14-38-64)69-55-62(56-70(57-69)88(65-39-15-5-16-40-65,66-41-17-6-18-42-66)68-44-28-34-61(54-68)59-31-9-2-10-32-59)79-82-80(85-75-49-23-19-45-71(75)72-46-20-24-50-76(72)85)84-81(83-79)86-77-51-25-21-47-73(77)74-48-22-26-52-78(74)86/h1-57H/i1D,2D,7D,8D,9D,10D,19D,21D,23D,25D,29D,30D,31D,32D,45D,47D,49D,51D,55D,56D,57D. The molecule has 0 saturated heterocycles. The minimum absolute atomic E-state index is 0.00935. The molecule has 0 radical (unpaired) electrons. The van der Waals surface area contributed by atoms with Gasteiger partial charge in [0.15, 0.2) is 22.0 Å². The maximum atomic E-state index is 11.9. The Labute approximate surface area is 543 Å². The SMILES string of the molecule is [2H]c1c([2H])c([2H])c(-c2cccc([Si](c3ccccc3)(c3ccccc3)c3c([2H])c(-c4nc(-n5c6ccccc6c6c([2H])c([2H])c([2H])c([2H])c65)nc(-n5c6ccccc6c6c([2H])c([2H])c([2H])c([2H])c65)n4)c([2H])c([Si](c4ccccc4)(c4ccccc4)c4cccc(-c5c([2H])c([2H])c([2H])c([2H])c5[2H])c4)c3[2H])c2)c([2H])c1[2H]. The third kappa shape index (κ3) is 8.70. The van der Waals surface area contributed by atoms with Gasteiger partial charge in [0, 0.05) is 27.1 Å². The molecule has 7 heteroatoms. The van der Waals surface area contributed by atoms with Crippen LogP contribution in [0.4, 0.5) is 0 Å². The van der Waals surface area contributed by atoms with E-state index >= 15 is 0 Å². The summed E-state index contributed by atoms with van der Waals surface area (Å²) in [6.07, 6.45) is 0. The average Bonchev–Trinajstić information content (AvgIpc) is 1.60. The lowest BCUT2D eigenvalue weighted by Gasteiger charge is -2.38. The van der Waals surface area contributed by atoms with Gasteiger partial charge in [-0.05, 0) is 88.0 Å². The molecule has 414 valence electrons. The Kier molecular flexibility index (Phi) is 8.72. The molecule has 0 aliphatic carbocycles. The topological polar surface area (TPSA) is 48.5 Å². The highest BCUT2D eigenvalue weighted by Crippen LogP contribution is 2.35. The maximum Gasteiger partial charge on any atom is 0.240 e. The van der Waals surface area contributed by atoms with E-state index in [1.165, 1.54) is 9.13 Å². The molecule has 16 aromatic rings. The van der Waals surface area contributed by atoms with E-state index in [-0.39, 0.29) is 89.0 Å². The Morgan fingerprint density at radius 3 is 1.01 bits per heavy atom. The van der Waals surface area contributed by atoms with Crippen LogP contribution in [-0.4, -0.2) is 40.2 Å². The second-order valence-electron chi connectivity index (χ2n) is 21.0. The number of benzene rings is 13. The Morgan fingerprint density at radius 2 is 0.602 bits per heavy atom. The molecule has 0 unspecified atom stereocenters. The smallest absolute Gasteiger partial charge is 0.240 e. The fourth-order valence-corrected chi connectivity index (χ4v) is 21.9. The van der Waals surface area contributed by atoms with Crippen LogP contribution in [0.5, 0.6) is 0 Å². The molecule has 16 rings (SSSR count). The number of rotatable bonds is 13. The van der Waals surface area contributed by atoms with E-state index in [2.05, 4.69) is 0 Å². The molecule has 5 nitrogen and oxygen atoms in total. The number of fused-ring (bicyclic) bond motifs is 6. The van der Waals surface area contributed by atoms with Crippen LogP contribution in [0.25, 0.3) is 89.2 Å². The summed E-state index contributed by atoms with van der Waals surface area (Å²) in [5.74, 6) is -1.13. The Hall–Kier alpha value is -11.1. The van der Waals surface area contributed by atoms with Crippen molar-refractivity contribution in [1.82, 2.24) is 24.1 Å². The number of hydrogen-bond donors (Lipinski definition) is 0. The quantitative estimate of drug-likeness (QED) is 0.0854. The molecule has 88 heavy (non-hydrogen) atoms. The lowest BCUT2D eigenvalue weighted by molar-refractivity contribution is 0.893. The van der Waals surface area contributed by atoms with Gasteiger partial charge >= 0.3 is 0 Å². The molecule has 13 aromatic carbocycles. The highest BCUT2D eigenvalue weighted by molar-refractivity contribution is 7.22. The van der Waals surface area contributed by atoms with Crippen molar-refractivity contribution in [2.45, 2.75) is 0 Å². The number of nitrogens with zero attached hydrogens (tertiary/aromatic N) is 5. The van der Waals surface area contributed by atoms with Crippen molar-refractivity contribution >= 4 is 101 Å². The van der Waals surface area contributed by atoms with E-state index in [1.807, 2.05) is 133 Å². The van der Waals surface area contributed by atoms with Gasteiger partial charge in [0.1, 0.15) is 0 Å². The minimum atomic E-state index is -4.70. The van der Waals surface area contributed by atoms with Crippen LogP contribution in [0, 0.1) is 0 Å². The number of para-hydroxylation sites is 4. The van der Waals surface area contributed by atoms with E-state index in [9.17, 15) is 17.8 Å².